The highest BCUT2D eigenvalue weighted by atomic mass is 79.9. The van der Waals surface area contributed by atoms with Gasteiger partial charge in [-0.2, -0.15) is 0 Å². The number of nitrogens with one attached hydrogen (secondary N) is 2. The van der Waals surface area contributed by atoms with Gasteiger partial charge in [0.2, 0.25) is 0 Å². The molecule has 0 spiro atoms. The summed E-state index contributed by atoms with van der Waals surface area (Å²) >= 11 is 3.24. The molecule has 0 unspecified atom stereocenters. The Morgan fingerprint density at radius 2 is 1.76 bits per heavy atom. The third kappa shape index (κ3) is 4.39. The number of carbonyl (C=O) groups is 1. The van der Waals surface area contributed by atoms with Crippen molar-refractivity contribution in [1.29, 1.82) is 0 Å². The molecule has 0 saturated carbocycles. The summed E-state index contributed by atoms with van der Waals surface area (Å²) in [6.07, 6.45) is 1.19. The Morgan fingerprint density at radius 1 is 1.08 bits per heavy atom. The lowest BCUT2D eigenvalue weighted by Gasteiger charge is -2.12. The van der Waals surface area contributed by atoms with Crippen LogP contribution in [0.2, 0.25) is 0 Å². The number of ether oxygens (including phenoxy) is 1. The van der Waals surface area contributed by atoms with Crippen molar-refractivity contribution in [2.45, 2.75) is 23.8 Å². The van der Waals surface area contributed by atoms with Crippen molar-refractivity contribution >= 4 is 43.2 Å². The standard InChI is InChI=1S/C17H17BrN2O4S/c18-14-4-1-2-6-16(14)25(22,23)20-13-9-7-12(8-10-13)19-17(21)15-5-3-11-24-15/h1-2,4,6-10,15,20H,3,5,11H2,(H,19,21)/t15-/m0/s1. The van der Waals surface area contributed by atoms with Crippen LogP contribution in [0.1, 0.15) is 12.8 Å². The number of halogens is 1. The molecule has 2 aromatic rings. The molecular weight excluding hydrogens is 408 g/mol. The van der Waals surface area contributed by atoms with Gasteiger partial charge in [0.25, 0.3) is 15.9 Å². The zero-order valence-corrected chi connectivity index (χ0v) is 15.6. The van der Waals surface area contributed by atoms with Crippen LogP contribution in [0, 0.1) is 0 Å². The Hall–Kier alpha value is -1.90. The molecule has 0 radical (unpaired) electrons. The molecule has 132 valence electrons. The second-order valence-electron chi connectivity index (χ2n) is 5.60. The van der Waals surface area contributed by atoms with Crippen LogP contribution in [0.3, 0.4) is 0 Å². The molecule has 1 saturated heterocycles. The Labute approximate surface area is 154 Å². The van der Waals surface area contributed by atoms with Gasteiger partial charge in [0.05, 0.1) is 0 Å². The van der Waals surface area contributed by atoms with Crippen molar-refractivity contribution in [3.63, 3.8) is 0 Å². The van der Waals surface area contributed by atoms with Crippen LogP contribution in [0.4, 0.5) is 11.4 Å². The first-order chi connectivity index (χ1) is 12.0. The summed E-state index contributed by atoms with van der Waals surface area (Å²) < 4.78 is 33.2. The van der Waals surface area contributed by atoms with E-state index in [-0.39, 0.29) is 10.8 Å². The molecule has 1 heterocycles. The van der Waals surface area contributed by atoms with Crippen LogP contribution < -0.4 is 10.0 Å². The molecule has 6 nitrogen and oxygen atoms in total. The zero-order chi connectivity index (χ0) is 17.9. The van der Waals surface area contributed by atoms with Gasteiger partial charge in [-0.15, -0.1) is 0 Å². The van der Waals surface area contributed by atoms with Gasteiger partial charge in [0, 0.05) is 22.5 Å². The monoisotopic (exact) mass is 424 g/mol. The molecular formula is C17H17BrN2O4S. The number of hydrogen-bond acceptors (Lipinski definition) is 4. The molecule has 0 aromatic heterocycles. The molecule has 0 aliphatic carbocycles. The molecule has 2 N–H and O–H groups in total. The summed E-state index contributed by atoms with van der Waals surface area (Å²) in [5, 5.41) is 2.77. The van der Waals surface area contributed by atoms with Crippen LogP contribution >= 0.6 is 15.9 Å². The molecule has 1 aliphatic rings. The Bertz CT molecular complexity index is 862. The summed E-state index contributed by atoms with van der Waals surface area (Å²) in [6.45, 7) is 0.605. The second kappa shape index (κ2) is 7.55. The van der Waals surface area contributed by atoms with E-state index in [0.29, 0.717) is 22.5 Å². The van der Waals surface area contributed by atoms with E-state index in [1.165, 1.54) is 6.07 Å². The smallest absolute Gasteiger partial charge is 0.263 e. The van der Waals surface area contributed by atoms with Crippen molar-refractivity contribution in [3.05, 3.63) is 53.0 Å². The lowest BCUT2D eigenvalue weighted by atomic mass is 10.2. The molecule has 8 heteroatoms. The fourth-order valence-corrected chi connectivity index (χ4v) is 4.56. The predicted octanol–water partition coefficient (Wildman–Crippen LogP) is 3.37. The van der Waals surface area contributed by atoms with E-state index >= 15 is 0 Å². The van der Waals surface area contributed by atoms with Gasteiger partial charge >= 0.3 is 0 Å². The molecule has 1 atom stereocenters. The van der Waals surface area contributed by atoms with Crippen LogP contribution in [-0.4, -0.2) is 27.0 Å². The van der Waals surface area contributed by atoms with Crippen LogP contribution in [0.15, 0.2) is 57.9 Å². The lowest BCUT2D eigenvalue weighted by molar-refractivity contribution is -0.124. The van der Waals surface area contributed by atoms with Crippen molar-refractivity contribution in [2.24, 2.45) is 0 Å². The average Bonchev–Trinajstić information content (AvgIpc) is 3.11. The number of anilines is 2. The highest BCUT2D eigenvalue weighted by Crippen LogP contribution is 2.24. The first-order valence-corrected chi connectivity index (χ1v) is 10.0. The molecule has 0 bridgehead atoms. The molecule has 25 heavy (non-hydrogen) atoms. The Morgan fingerprint density at radius 3 is 2.40 bits per heavy atom. The quantitative estimate of drug-likeness (QED) is 0.770. The number of hydrogen-bond donors (Lipinski definition) is 2. The van der Waals surface area contributed by atoms with Gasteiger partial charge in [0.1, 0.15) is 11.0 Å². The van der Waals surface area contributed by atoms with Gasteiger partial charge in [-0.05, 0) is 65.2 Å². The number of benzene rings is 2. The Balaban J connectivity index is 1.68. The topological polar surface area (TPSA) is 84.5 Å². The molecule has 3 rings (SSSR count). The van der Waals surface area contributed by atoms with E-state index in [9.17, 15) is 13.2 Å². The van der Waals surface area contributed by atoms with E-state index in [0.717, 1.165) is 12.8 Å². The molecule has 1 aliphatic heterocycles. The van der Waals surface area contributed by atoms with Crippen molar-refractivity contribution in [3.8, 4) is 0 Å². The number of rotatable bonds is 5. The maximum Gasteiger partial charge on any atom is 0.263 e. The fraction of sp³-hybridized carbons (Fsp3) is 0.235. The number of sulfonamides is 1. The van der Waals surface area contributed by atoms with Gasteiger partial charge < -0.3 is 10.1 Å². The summed E-state index contributed by atoms with van der Waals surface area (Å²) in [5.74, 6) is -0.181. The van der Waals surface area contributed by atoms with Crippen LogP contribution in [0.5, 0.6) is 0 Å². The normalized spacial score (nSPS) is 17.2. The maximum atomic E-state index is 12.4. The van der Waals surface area contributed by atoms with Crippen molar-refractivity contribution in [1.82, 2.24) is 0 Å². The molecule has 1 fully saturated rings. The fourth-order valence-electron chi connectivity index (χ4n) is 2.50. The average molecular weight is 425 g/mol. The minimum atomic E-state index is -3.70. The van der Waals surface area contributed by atoms with Crippen molar-refractivity contribution in [2.75, 3.05) is 16.6 Å². The SMILES string of the molecule is O=C(Nc1ccc(NS(=O)(=O)c2ccccc2Br)cc1)[C@@H]1CCCO1. The van der Waals surface area contributed by atoms with Gasteiger partial charge in [0.15, 0.2) is 0 Å². The van der Waals surface area contributed by atoms with Crippen LogP contribution in [-0.2, 0) is 19.6 Å². The van der Waals surface area contributed by atoms with E-state index in [1.54, 1.807) is 42.5 Å². The molecule has 1 amide bonds. The summed E-state index contributed by atoms with van der Waals surface area (Å²) in [5.41, 5.74) is 0.996. The lowest BCUT2D eigenvalue weighted by Crippen LogP contribution is -2.26. The summed E-state index contributed by atoms with van der Waals surface area (Å²) in [4.78, 5) is 12.2. The predicted molar refractivity (Wildman–Crippen MR) is 99.0 cm³/mol. The largest absolute Gasteiger partial charge is 0.368 e. The summed E-state index contributed by atoms with van der Waals surface area (Å²) in [7, 11) is -3.70. The van der Waals surface area contributed by atoms with Crippen molar-refractivity contribution < 1.29 is 17.9 Å². The maximum absolute atomic E-state index is 12.4. The van der Waals surface area contributed by atoms with E-state index in [1.807, 2.05) is 0 Å². The third-order valence-corrected chi connectivity index (χ3v) is 6.15. The summed E-state index contributed by atoms with van der Waals surface area (Å²) in [6, 6.07) is 13.1. The minimum absolute atomic E-state index is 0.158. The first-order valence-electron chi connectivity index (χ1n) is 7.75. The Kier molecular flexibility index (Phi) is 5.41. The third-order valence-electron chi connectivity index (χ3n) is 3.75. The second-order valence-corrected chi connectivity index (χ2v) is 8.11. The minimum Gasteiger partial charge on any atom is -0.368 e. The highest BCUT2D eigenvalue weighted by Gasteiger charge is 2.23. The van der Waals surface area contributed by atoms with E-state index in [2.05, 4.69) is 26.0 Å². The van der Waals surface area contributed by atoms with Gasteiger partial charge in [-0.1, -0.05) is 12.1 Å². The first kappa shape index (κ1) is 17.9. The zero-order valence-electron chi connectivity index (χ0n) is 13.2. The van der Waals surface area contributed by atoms with E-state index < -0.39 is 16.1 Å². The molecule has 2 aromatic carbocycles. The number of carbonyl (C=O) groups excluding carboxylic acids is 1. The van der Waals surface area contributed by atoms with Crippen LogP contribution in [0.25, 0.3) is 0 Å². The van der Waals surface area contributed by atoms with Gasteiger partial charge in [-0.3, -0.25) is 9.52 Å². The highest BCUT2D eigenvalue weighted by molar-refractivity contribution is 9.10. The van der Waals surface area contributed by atoms with E-state index in [4.69, 9.17) is 4.74 Å². The number of amides is 1. The van der Waals surface area contributed by atoms with Gasteiger partial charge in [-0.25, -0.2) is 8.42 Å².